The van der Waals surface area contributed by atoms with Gasteiger partial charge in [0, 0.05) is 27.7 Å². The molecule has 0 saturated heterocycles. The van der Waals surface area contributed by atoms with E-state index in [0.29, 0.717) is 0 Å². The second-order valence-corrected chi connectivity index (χ2v) is 13.7. The summed E-state index contributed by atoms with van der Waals surface area (Å²) in [5, 5.41) is 4.77. The summed E-state index contributed by atoms with van der Waals surface area (Å²) in [6.07, 6.45) is 0. The third-order valence-corrected chi connectivity index (χ3v) is 10.5. The number of furan rings is 1. The molecule has 0 aliphatic carbocycles. The first-order chi connectivity index (χ1) is 26.8. The van der Waals surface area contributed by atoms with Crippen molar-refractivity contribution in [1.29, 1.82) is 0 Å². The maximum atomic E-state index is 6.33. The maximum absolute atomic E-state index is 6.33. The standard InChI is InChI=1S/C52H35NO/c1-2-12-36(13-3-1)38-28-32-42(33-29-38)53(49-21-8-6-17-46(49)47-20-11-23-51-52(47)48-18-7-9-22-50(48)54-51)43-34-30-39(31-35-43)37-24-26-41(27-25-37)45-19-10-15-40-14-4-5-16-44(40)45/h1-35H. The van der Waals surface area contributed by atoms with E-state index in [1.807, 2.05) is 12.1 Å². The summed E-state index contributed by atoms with van der Waals surface area (Å²) >= 11 is 0. The molecule has 0 spiro atoms. The fraction of sp³-hybridized carbons (Fsp3) is 0. The van der Waals surface area contributed by atoms with E-state index >= 15 is 0 Å². The average Bonchev–Trinajstić information content (AvgIpc) is 3.64. The molecule has 0 N–H and O–H groups in total. The highest BCUT2D eigenvalue weighted by molar-refractivity contribution is 6.14. The van der Waals surface area contributed by atoms with Crippen molar-refractivity contribution >= 4 is 49.8 Å². The van der Waals surface area contributed by atoms with Gasteiger partial charge in [0.25, 0.3) is 0 Å². The Balaban J connectivity index is 1.07. The first-order valence-electron chi connectivity index (χ1n) is 18.4. The van der Waals surface area contributed by atoms with E-state index in [4.69, 9.17) is 4.42 Å². The molecule has 0 radical (unpaired) electrons. The second-order valence-electron chi connectivity index (χ2n) is 13.7. The van der Waals surface area contributed by atoms with Crippen molar-refractivity contribution < 1.29 is 4.42 Å². The van der Waals surface area contributed by atoms with E-state index in [0.717, 1.165) is 50.1 Å². The Morgan fingerprint density at radius 2 is 0.778 bits per heavy atom. The van der Waals surface area contributed by atoms with Crippen LogP contribution in [0.15, 0.2) is 217 Å². The number of nitrogens with zero attached hydrogens (tertiary/aromatic N) is 1. The van der Waals surface area contributed by atoms with Crippen LogP contribution in [0, 0.1) is 0 Å². The van der Waals surface area contributed by atoms with Gasteiger partial charge >= 0.3 is 0 Å². The van der Waals surface area contributed by atoms with Crippen molar-refractivity contribution in [3.8, 4) is 44.5 Å². The van der Waals surface area contributed by atoms with E-state index in [9.17, 15) is 0 Å². The summed E-state index contributed by atoms with van der Waals surface area (Å²) < 4.78 is 6.33. The molecule has 0 atom stereocenters. The van der Waals surface area contributed by atoms with Crippen LogP contribution in [0.4, 0.5) is 17.1 Å². The molecule has 254 valence electrons. The highest BCUT2D eigenvalue weighted by atomic mass is 16.3. The zero-order valence-electron chi connectivity index (χ0n) is 29.6. The topological polar surface area (TPSA) is 16.4 Å². The van der Waals surface area contributed by atoms with Gasteiger partial charge in [0.2, 0.25) is 0 Å². The van der Waals surface area contributed by atoms with Crippen LogP contribution in [0.1, 0.15) is 0 Å². The number of hydrogen-bond acceptors (Lipinski definition) is 2. The van der Waals surface area contributed by atoms with E-state index in [1.165, 1.54) is 44.2 Å². The van der Waals surface area contributed by atoms with E-state index < -0.39 is 0 Å². The molecular formula is C52H35NO. The second kappa shape index (κ2) is 13.4. The molecule has 2 heteroatoms. The molecule has 0 aliphatic rings. The van der Waals surface area contributed by atoms with E-state index in [1.54, 1.807) is 0 Å². The minimum atomic E-state index is 0.887. The molecular weight excluding hydrogens is 655 g/mol. The predicted molar refractivity (Wildman–Crippen MR) is 228 cm³/mol. The van der Waals surface area contributed by atoms with Crippen molar-refractivity contribution in [2.75, 3.05) is 4.90 Å². The van der Waals surface area contributed by atoms with Crippen LogP contribution in [0.2, 0.25) is 0 Å². The van der Waals surface area contributed by atoms with Gasteiger partial charge in [-0.05, 0) is 92.2 Å². The van der Waals surface area contributed by atoms with Gasteiger partial charge in [-0.15, -0.1) is 0 Å². The highest BCUT2D eigenvalue weighted by Crippen LogP contribution is 2.45. The smallest absolute Gasteiger partial charge is 0.136 e. The van der Waals surface area contributed by atoms with E-state index in [2.05, 4.69) is 205 Å². The summed E-state index contributed by atoms with van der Waals surface area (Å²) in [5.74, 6) is 0. The summed E-state index contributed by atoms with van der Waals surface area (Å²) in [7, 11) is 0. The Kier molecular flexibility index (Phi) is 7.85. The van der Waals surface area contributed by atoms with Crippen LogP contribution in [-0.2, 0) is 0 Å². The zero-order chi connectivity index (χ0) is 35.8. The fourth-order valence-electron chi connectivity index (χ4n) is 7.88. The molecule has 54 heavy (non-hydrogen) atoms. The number of fused-ring (bicyclic) bond motifs is 4. The lowest BCUT2D eigenvalue weighted by Gasteiger charge is -2.28. The molecule has 0 aliphatic heterocycles. The number of anilines is 3. The third kappa shape index (κ3) is 5.62. The minimum Gasteiger partial charge on any atom is -0.456 e. The monoisotopic (exact) mass is 689 g/mol. The Labute approximate surface area is 314 Å². The largest absolute Gasteiger partial charge is 0.456 e. The van der Waals surface area contributed by atoms with Crippen molar-refractivity contribution in [2.24, 2.45) is 0 Å². The normalized spacial score (nSPS) is 11.3. The van der Waals surface area contributed by atoms with Gasteiger partial charge in [0.1, 0.15) is 11.2 Å². The highest BCUT2D eigenvalue weighted by Gasteiger charge is 2.20. The molecule has 1 heterocycles. The molecule has 10 rings (SSSR count). The summed E-state index contributed by atoms with van der Waals surface area (Å²) in [5.41, 5.74) is 14.5. The molecule has 0 bridgehead atoms. The van der Waals surface area contributed by atoms with Crippen LogP contribution in [0.3, 0.4) is 0 Å². The lowest BCUT2D eigenvalue weighted by Crippen LogP contribution is -2.11. The summed E-state index contributed by atoms with van der Waals surface area (Å²) in [6, 6.07) is 75.8. The van der Waals surface area contributed by atoms with Gasteiger partial charge in [0.15, 0.2) is 0 Å². The molecule has 9 aromatic carbocycles. The molecule has 1 aromatic heterocycles. The summed E-state index contributed by atoms with van der Waals surface area (Å²) in [4.78, 5) is 2.37. The van der Waals surface area contributed by atoms with Crippen LogP contribution >= 0.6 is 0 Å². The Bertz CT molecular complexity index is 2900. The lowest BCUT2D eigenvalue weighted by molar-refractivity contribution is 0.669. The zero-order valence-corrected chi connectivity index (χ0v) is 29.6. The Morgan fingerprint density at radius 3 is 1.52 bits per heavy atom. The Hall–Kier alpha value is -7.16. The van der Waals surface area contributed by atoms with E-state index in [-0.39, 0.29) is 0 Å². The number of hydrogen-bond donors (Lipinski definition) is 0. The van der Waals surface area contributed by atoms with Gasteiger partial charge in [-0.2, -0.15) is 0 Å². The van der Waals surface area contributed by atoms with Crippen molar-refractivity contribution in [2.45, 2.75) is 0 Å². The molecule has 0 amide bonds. The quantitative estimate of drug-likeness (QED) is 0.166. The predicted octanol–water partition coefficient (Wildman–Crippen LogP) is 14.9. The van der Waals surface area contributed by atoms with Gasteiger partial charge < -0.3 is 9.32 Å². The van der Waals surface area contributed by atoms with Gasteiger partial charge in [0.05, 0.1) is 5.69 Å². The molecule has 10 aromatic rings. The molecule has 0 fully saturated rings. The SMILES string of the molecule is c1ccc(-c2ccc(N(c3ccc(-c4ccc(-c5cccc6ccccc56)cc4)cc3)c3ccccc3-c3cccc4oc5ccccc5c34)cc2)cc1. The number of para-hydroxylation sites is 2. The van der Waals surface area contributed by atoms with Crippen LogP contribution in [-0.4, -0.2) is 0 Å². The first-order valence-corrected chi connectivity index (χ1v) is 18.4. The molecule has 0 saturated carbocycles. The Morgan fingerprint density at radius 1 is 0.296 bits per heavy atom. The average molecular weight is 690 g/mol. The number of rotatable bonds is 7. The van der Waals surface area contributed by atoms with Crippen LogP contribution in [0.25, 0.3) is 77.2 Å². The molecule has 2 nitrogen and oxygen atoms in total. The first kappa shape index (κ1) is 31.6. The van der Waals surface area contributed by atoms with Gasteiger partial charge in [-0.25, -0.2) is 0 Å². The van der Waals surface area contributed by atoms with Crippen molar-refractivity contribution in [1.82, 2.24) is 0 Å². The fourth-order valence-corrected chi connectivity index (χ4v) is 7.88. The van der Waals surface area contributed by atoms with Crippen LogP contribution < -0.4 is 4.90 Å². The number of benzene rings is 9. The third-order valence-electron chi connectivity index (χ3n) is 10.5. The maximum Gasteiger partial charge on any atom is 0.136 e. The minimum absolute atomic E-state index is 0.887. The van der Waals surface area contributed by atoms with Crippen molar-refractivity contribution in [3.05, 3.63) is 212 Å². The van der Waals surface area contributed by atoms with Crippen molar-refractivity contribution in [3.63, 3.8) is 0 Å². The lowest BCUT2D eigenvalue weighted by atomic mass is 9.95. The van der Waals surface area contributed by atoms with Gasteiger partial charge in [-0.1, -0.05) is 170 Å². The van der Waals surface area contributed by atoms with Crippen LogP contribution in [0.5, 0.6) is 0 Å². The summed E-state index contributed by atoms with van der Waals surface area (Å²) in [6.45, 7) is 0. The molecule has 0 unspecified atom stereocenters. The van der Waals surface area contributed by atoms with Gasteiger partial charge in [-0.3, -0.25) is 0 Å².